The van der Waals surface area contributed by atoms with E-state index in [9.17, 15) is 4.79 Å². The van der Waals surface area contributed by atoms with Crippen molar-refractivity contribution in [3.63, 3.8) is 0 Å². The summed E-state index contributed by atoms with van der Waals surface area (Å²) in [4.78, 5) is 15.0. The average Bonchev–Trinajstić information content (AvgIpc) is 3.47. The fourth-order valence-electron chi connectivity index (χ4n) is 3.77. The first kappa shape index (κ1) is 22.1. The lowest BCUT2D eigenvalue weighted by molar-refractivity contribution is -0.127. The Labute approximate surface area is 193 Å². The number of rotatable bonds is 8. The second-order valence-electron chi connectivity index (χ2n) is 7.55. The topological polar surface area (TPSA) is 66.6 Å². The van der Waals surface area contributed by atoms with Crippen LogP contribution in [0.25, 0.3) is 11.4 Å². The van der Waals surface area contributed by atoms with Gasteiger partial charge in [0.25, 0.3) is 5.91 Å². The van der Waals surface area contributed by atoms with Gasteiger partial charge in [0.2, 0.25) is 0 Å². The molecule has 0 fully saturated rings. The molecular formula is C24H28N6OS. The Hall–Kier alpha value is -3.13. The molecule has 1 aromatic heterocycles. The number of thioether (sulfide) groups is 1. The Balaban J connectivity index is 1.39. The first-order valence-electron chi connectivity index (χ1n) is 10.9. The summed E-state index contributed by atoms with van der Waals surface area (Å²) in [6.07, 6.45) is 0.776. The molecule has 1 amide bonds. The first-order valence-corrected chi connectivity index (χ1v) is 11.9. The van der Waals surface area contributed by atoms with E-state index >= 15 is 0 Å². The van der Waals surface area contributed by atoms with E-state index in [4.69, 9.17) is 0 Å². The van der Waals surface area contributed by atoms with Crippen molar-refractivity contribution >= 4 is 29.1 Å². The van der Waals surface area contributed by atoms with Gasteiger partial charge in [-0.05, 0) is 43.7 Å². The van der Waals surface area contributed by atoms with Crippen molar-refractivity contribution in [3.8, 4) is 11.4 Å². The average molecular weight is 449 g/mol. The molecular weight excluding hydrogens is 420 g/mol. The van der Waals surface area contributed by atoms with E-state index in [-0.39, 0.29) is 11.7 Å². The highest BCUT2D eigenvalue weighted by molar-refractivity contribution is 7.99. The van der Waals surface area contributed by atoms with E-state index in [0.29, 0.717) is 11.7 Å². The second-order valence-corrected chi connectivity index (χ2v) is 8.50. The van der Waals surface area contributed by atoms with Crippen molar-refractivity contribution in [2.75, 3.05) is 30.3 Å². The number of carbonyl (C=O) groups excluding carboxylic acids is 1. The van der Waals surface area contributed by atoms with Crippen molar-refractivity contribution < 1.29 is 4.79 Å². The summed E-state index contributed by atoms with van der Waals surface area (Å²) in [7, 11) is 1.93. The molecule has 32 heavy (non-hydrogen) atoms. The Morgan fingerprint density at radius 1 is 1.00 bits per heavy atom. The van der Waals surface area contributed by atoms with Crippen LogP contribution in [0.2, 0.25) is 0 Å². The number of hydrogen-bond acceptors (Lipinski definition) is 6. The fourth-order valence-corrected chi connectivity index (χ4v) is 4.55. The van der Waals surface area contributed by atoms with Gasteiger partial charge in [-0.3, -0.25) is 4.79 Å². The normalized spacial score (nSPS) is 13.3. The van der Waals surface area contributed by atoms with E-state index in [1.807, 2.05) is 41.9 Å². The monoisotopic (exact) mass is 448 g/mol. The molecule has 0 aliphatic carbocycles. The van der Waals surface area contributed by atoms with E-state index in [2.05, 4.69) is 58.3 Å². The van der Waals surface area contributed by atoms with Crippen LogP contribution >= 0.6 is 11.8 Å². The largest absolute Gasteiger partial charge is 0.372 e. The number of hydrazone groups is 1. The fraction of sp³-hybridized carbons (Fsp3) is 0.333. The van der Waals surface area contributed by atoms with Crippen molar-refractivity contribution in [2.24, 2.45) is 12.1 Å². The molecule has 1 aliphatic heterocycles. The summed E-state index contributed by atoms with van der Waals surface area (Å²) in [6, 6.07) is 18.4. The zero-order valence-electron chi connectivity index (χ0n) is 18.7. The van der Waals surface area contributed by atoms with Crippen LogP contribution < -0.4 is 4.90 Å². The third-order valence-corrected chi connectivity index (χ3v) is 6.62. The van der Waals surface area contributed by atoms with E-state index < -0.39 is 0 Å². The van der Waals surface area contributed by atoms with Crippen LogP contribution in [0.3, 0.4) is 0 Å². The maximum Gasteiger partial charge on any atom is 0.253 e. The maximum absolute atomic E-state index is 12.7. The van der Waals surface area contributed by atoms with Crippen LogP contribution in [-0.2, 0) is 11.8 Å². The standard InChI is InChI=1S/C24H28N6OS/c1-4-29(5-2)20-13-11-19(12-14-20)23-25-26-24(28(23)3)32-17-22(31)30-16-15-21(27-30)18-9-7-6-8-10-18/h6-14H,4-5,15-17H2,1-3H3. The van der Waals surface area contributed by atoms with Gasteiger partial charge in [0, 0.05) is 37.8 Å². The van der Waals surface area contributed by atoms with Gasteiger partial charge >= 0.3 is 0 Å². The van der Waals surface area contributed by atoms with Crippen molar-refractivity contribution in [2.45, 2.75) is 25.4 Å². The molecule has 4 rings (SSSR count). The SMILES string of the molecule is CCN(CC)c1ccc(-c2nnc(SCC(=O)N3CCC(c4ccccc4)=N3)n2C)cc1. The minimum absolute atomic E-state index is 0.0194. The molecule has 0 radical (unpaired) electrons. The second kappa shape index (κ2) is 9.99. The van der Waals surface area contributed by atoms with E-state index in [1.54, 1.807) is 5.01 Å². The summed E-state index contributed by atoms with van der Waals surface area (Å²) >= 11 is 1.39. The molecule has 2 heterocycles. The maximum atomic E-state index is 12.7. The zero-order chi connectivity index (χ0) is 22.5. The number of nitrogens with zero attached hydrogens (tertiary/aromatic N) is 6. The van der Waals surface area contributed by atoms with Crippen LogP contribution in [0.15, 0.2) is 64.9 Å². The van der Waals surface area contributed by atoms with E-state index in [1.165, 1.54) is 17.4 Å². The smallest absolute Gasteiger partial charge is 0.253 e. The van der Waals surface area contributed by atoms with Gasteiger partial charge in [-0.2, -0.15) is 5.10 Å². The van der Waals surface area contributed by atoms with Gasteiger partial charge in [0.05, 0.1) is 18.0 Å². The van der Waals surface area contributed by atoms with Gasteiger partial charge < -0.3 is 9.47 Å². The minimum atomic E-state index is -0.0194. The van der Waals surface area contributed by atoms with Crippen molar-refractivity contribution in [3.05, 3.63) is 60.2 Å². The Morgan fingerprint density at radius 3 is 2.41 bits per heavy atom. The van der Waals surface area contributed by atoms with Crippen LogP contribution in [0.5, 0.6) is 0 Å². The predicted octanol–water partition coefficient (Wildman–Crippen LogP) is 4.06. The molecule has 3 aromatic rings. The summed E-state index contributed by atoms with van der Waals surface area (Å²) in [5.74, 6) is 1.05. The van der Waals surface area contributed by atoms with Gasteiger partial charge in [-0.1, -0.05) is 42.1 Å². The number of amides is 1. The molecule has 0 bridgehead atoms. The van der Waals surface area contributed by atoms with Crippen LogP contribution in [0.4, 0.5) is 5.69 Å². The van der Waals surface area contributed by atoms with Gasteiger partial charge in [-0.25, -0.2) is 5.01 Å². The number of aromatic nitrogens is 3. The number of anilines is 1. The molecule has 8 heteroatoms. The third-order valence-electron chi connectivity index (χ3n) is 5.61. The third kappa shape index (κ3) is 4.70. The molecule has 0 atom stereocenters. The van der Waals surface area contributed by atoms with Gasteiger partial charge in [-0.15, -0.1) is 10.2 Å². The molecule has 166 valence electrons. The highest BCUT2D eigenvalue weighted by Gasteiger charge is 2.22. The van der Waals surface area contributed by atoms with Crippen molar-refractivity contribution in [1.82, 2.24) is 19.8 Å². The molecule has 7 nitrogen and oxygen atoms in total. The molecule has 0 spiro atoms. The van der Waals surface area contributed by atoms with Crippen LogP contribution in [0.1, 0.15) is 25.8 Å². The summed E-state index contributed by atoms with van der Waals surface area (Å²) in [5.41, 5.74) is 4.23. The lowest BCUT2D eigenvalue weighted by Gasteiger charge is -2.21. The molecule has 0 unspecified atom stereocenters. The van der Waals surface area contributed by atoms with Crippen molar-refractivity contribution in [1.29, 1.82) is 0 Å². The van der Waals surface area contributed by atoms with Gasteiger partial charge in [0.1, 0.15) is 0 Å². The first-order chi connectivity index (χ1) is 15.6. The highest BCUT2D eigenvalue weighted by atomic mass is 32.2. The molecule has 0 saturated heterocycles. The number of benzene rings is 2. The summed E-state index contributed by atoms with van der Waals surface area (Å²) in [6.45, 7) is 6.87. The summed E-state index contributed by atoms with van der Waals surface area (Å²) < 4.78 is 1.94. The molecule has 0 saturated carbocycles. The van der Waals surface area contributed by atoms with E-state index in [0.717, 1.165) is 42.2 Å². The quantitative estimate of drug-likeness (QED) is 0.486. The van der Waals surface area contributed by atoms with Gasteiger partial charge in [0.15, 0.2) is 11.0 Å². The minimum Gasteiger partial charge on any atom is -0.372 e. The van der Waals surface area contributed by atoms with Crippen LogP contribution in [-0.4, -0.2) is 56.8 Å². The predicted molar refractivity (Wildman–Crippen MR) is 130 cm³/mol. The van der Waals surface area contributed by atoms with Crippen LogP contribution in [0, 0.1) is 0 Å². The lowest BCUT2D eigenvalue weighted by Crippen LogP contribution is -2.25. The zero-order valence-corrected chi connectivity index (χ0v) is 19.5. The number of hydrogen-bond donors (Lipinski definition) is 0. The molecule has 0 N–H and O–H groups in total. The lowest BCUT2D eigenvalue weighted by atomic mass is 10.1. The molecule has 2 aromatic carbocycles. The number of carbonyl (C=O) groups is 1. The Morgan fingerprint density at radius 2 is 1.72 bits per heavy atom. The Kier molecular flexibility index (Phi) is 6.90. The summed E-state index contributed by atoms with van der Waals surface area (Å²) in [5, 5.41) is 15.5. The molecule has 1 aliphatic rings. The highest BCUT2D eigenvalue weighted by Crippen LogP contribution is 2.25. The Bertz CT molecular complexity index is 1090.